The van der Waals surface area contributed by atoms with Gasteiger partial charge in [0.05, 0.1) is 5.69 Å². The van der Waals surface area contributed by atoms with Crippen LogP contribution in [0.1, 0.15) is 22.0 Å². The molecule has 68 valence electrons. The zero-order valence-electron chi connectivity index (χ0n) is 7.24. The molecule has 0 bridgehead atoms. The molecule has 1 N–H and O–H groups in total. The SMILES string of the molecule is Cc1nc(C(=O)O)n2c(C)csc12. The highest BCUT2D eigenvalue weighted by atomic mass is 32.1. The normalized spacial score (nSPS) is 10.9. The molecular formula is C8H8N2O2S. The molecule has 2 aromatic rings. The van der Waals surface area contributed by atoms with E-state index in [9.17, 15) is 4.79 Å². The Balaban J connectivity index is 2.89. The van der Waals surface area contributed by atoms with Crippen LogP contribution in [-0.2, 0) is 0 Å². The number of aromatic nitrogens is 2. The molecule has 0 amide bonds. The van der Waals surface area contributed by atoms with Gasteiger partial charge in [-0.25, -0.2) is 9.78 Å². The number of aromatic carboxylic acids is 1. The highest BCUT2D eigenvalue weighted by molar-refractivity contribution is 7.15. The molecule has 0 saturated carbocycles. The Morgan fingerprint density at radius 2 is 2.31 bits per heavy atom. The van der Waals surface area contributed by atoms with Crippen molar-refractivity contribution in [1.82, 2.24) is 9.38 Å². The lowest BCUT2D eigenvalue weighted by molar-refractivity contribution is 0.0682. The summed E-state index contributed by atoms with van der Waals surface area (Å²) in [5.41, 5.74) is 1.69. The molecule has 2 aromatic heterocycles. The van der Waals surface area contributed by atoms with Crippen LogP contribution < -0.4 is 0 Å². The number of imidazole rings is 1. The molecule has 0 fully saturated rings. The van der Waals surface area contributed by atoms with E-state index in [2.05, 4.69) is 4.98 Å². The maximum Gasteiger partial charge on any atom is 0.372 e. The van der Waals surface area contributed by atoms with Crippen molar-refractivity contribution in [3.8, 4) is 0 Å². The van der Waals surface area contributed by atoms with Gasteiger partial charge in [-0.3, -0.25) is 4.40 Å². The summed E-state index contributed by atoms with van der Waals surface area (Å²) in [6.45, 7) is 3.69. The minimum Gasteiger partial charge on any atom is -0.475 e. The third-order valence-electron chi connectivity index (χ3n) is 1.88. The van der Waals surface area contributed by atoms with Crippen molar-refractivity contribution in [1.29, 1.82) is 0 Å². The van der Waals surface area contributed by atoms with Gasteiger partial charge in [0, 0.05) is 11.1 Å². The van der Waals surface area contributed by atoms with Crippen molar-refractivity contribution in [2.24, 2.45) is 0 Å². The molecule has 0 aliphatic carbocycles. The van der Waals surface area contributed by atoms with Gasteiger partial charge in [-0.15, -0.1) is 11.3 Å². The summed E-state index contributed by atoms with van der Waals surface area (Å²) in [7, 11) is 0. The average Bonchev–Trinajstić information content (AvgIpc) is 2.55. The Morgan fingerprint density at radius 1 is 1.62 bits per heavy atom. The van der Waals surface area contributed by atoms with Gasteiger partial charge in [-0.05, 0) is 13.8 Å². The van der Waals surface area contributed by atoms with Gasteiger partial charge in [-0.2, -0.15) is 0 Å². The van der Waals surface area contributed by atoms with Crippen molar-refractivity contribution in [2.75, 3.05) is 0 Å². The molecule has 0 atom stereocenters. The maximum absolute atomic E-state index is 10.8. The lowest BCUT2D eigenvalue weighted by Gasteiger charge is -1.92. The Morgan fingerprint density at radius 3 is 2.92 bits per heavy atom. The molecule has 13 heavy (non-hydrogen) atoms. The molecule has 2 heterocycles. The second-order valence-electron chi connectivity index (χ2n) is 2.84. The van der Waals surface area contributed by atoms with E-state index in [0.717, 1.165) is 16.2 Å². The van der Waals surface area contributed by atoms with Crippen LogP contribution in [0, 0.1) is 13.8 Å². The number of carboxylic acid groups (broad SMARTS) is 1. The van der Waals surface area contributed by atoms with Crippen molar-refractivity contribution in [2.45, 2.75) is 13.8 Å². The lowest BCUT2D eigenvalue weighted by Crippen LogP contribution is -2.03. The fourth-order valence-corrected chi connectivity index (χ4v) is 2.26. The van der Waals surface area contributed by atoms with E-state index in [4.69, 9.17) is 5.11 Å². The summed E-state index contributed by atoms with van der Waals surface area (Å²) < 4.78 is 1.67. The van der Waals surface area contributed by atoms with Crippen LogP contribution in [0.15, 0.2) is 5.38 Å². The van der Waals surface area contributed by atoms with Gasteiger partial charge < -0.3 is 5.11 Å². The maximum atomic E-state index is 10.8. The minimum absolute atomic E-state index is 0.103. The first-order valence-electron chi connectivity index (χ1n) is 3.77. The molecule has 0 saturated heterocycles. The molecule has 5 heteroatoms. The quantitative estimate of drug-likeness (QED) is 0.755. The molecule has 0 aliphatic rings. The van der Waals surface area contributed by atoms with E-state index >= 15 is 0 Å². The Hall–Kier alpha value is -1.36. The molecule has 0 aromatic carbocycles. The van der Waals surface area contributed by atoms with E-state index in [1.807, 2.05) is 19.2 Å². The van der Waals surface area contributed by atoms with Crippen LogP contribution in [0.25, 0.3) is 4.83 Å². The first-order chi connectivity index (χ1) is 6.11. The largest absolute Gasteiger partial charge is 0.475 e. The van der Waals surface area contributed by atoms with Gasteiger partial charge in [0.1, 0.15) is 4.83 Å². The van der Waals surface area contributed by atoms with Crippen LogP contribution >= 0.6 is 11.3 Å². The number of hydrogen-bond acceptors (Lipinski definition) is 3. The topological polar surface area (TPSA) is 54.6 Å². The molecule has 0 spiro atoms. The van der Waals surface area contributed by atoms with Gasteiger partial charge in [0.25, 0.3) is 0 Å². The number of carbonyl (C=O) groups is 1. The monoisotopic (exact) mass is 196 g/mol. The fourth-order valence-electron chi connectivity index (χ4n) is 1.32. The standard InChI is InChI=1S/C8H8N2O2S/c1-4-3-13-7-5(2)9-6(8(11)12)10(4)7/h3H,1-2H3,(H,11,12). The molecular weight excluding hydrogens is 188 g/mol. The van der Waals surface area contributed by atoms with Crippen LogP contribution in [0.5, 0.6) is 0 Å². The van der Waals surface area contributed by atoms with Crippen molar-refractivity contribution in [3.05, 3.63) is 22.6 Å². The number of fused-ring (bicyclic) bond motifs is 1. The van der Waals surface area contributed by atoms with Crippen LogP contribution in [0.4, 0.5) is 0 Å². The van der Waals surface area contributed by atoms with Crippen molar-refractivity contribution in [3.63, 3.8) is 0 Å². The predicted molar refractivity (Wildman–Crippen MR) is 49.5 cm³/mol. The van der Waals surface area contributed by atoms with E-state index in [1.165, 1.54) is 11.3 Å². The van der Waals surface area contributed by atoms with Gasteiger partial charge in [-0.1, -0.05) is 0 Å². The predicted octanol–water partition coefficient (Wildman–Crippen LogP) is 1.71. The van der Waals surface area contributed by atoms with E-state index in [1.54, 1.807) is 4.40 Å². The second kappa shape index (κ2) is 2.56. The number of aryl methyl sites for hydroxylation is 2. The van der Waals surface area contributed by atoms with E-state index < -0.39 is 5.97 Å². The summed E-state index contributed by atoms with van der Waals surface area (Å²) in [5, 5.41) is 10.8. The van der Waals surface area contributed by atoms with Crippen molar-refractivity contribution < 1.29 is 9.90 Å². The Labute approximate surface area is 78.5 Å². The van der Waals surface area contributed by atoms with Crippen LogP contribution in [-0.4, -0.2) is 20.5 Å². The second-order valence-corrected chi connectivity index (χ2v) is 3.70. The average molecular weight is 196 g/mol. The smallest absolute Gasteiger partial charge is 0.372 e. The van der Waals surface area contributed by atoms with Crippen molar-refractivity contribution >= 4 is 22.1 Å². The van der Waals surface area contributed by atoms with Gasteiger partial charge >= 0.3 is 5.97 Å². The number of thiazole rings is 1. The van der Waals surface area contributed by atoms with E-state index in [0.29, 0.717) is 0 Å². The first kappa shape index (κ1) is 8.25. The van der Waals surface area contributed by atoms with Crippen LogP contribution in [0.2, 0.25) is 0 Å². The zero-order chi connectivity index (χ0) is 9.59. The minimum atomic E-state index is -0.982. The molecule has 2 rings (SSSR count). The van der Waals surface area contributed by atoms with Gasteiger partial charge in [0.15, 0.2) is 0 Å². The highest BCUT2D eigenvalue weighted by Crippen LogP contribution is 2.21. The lowest BCUT2D eigenvalue weighted by atomic mass is 10.5. The third kappa shape index (κ3) is 1.04. The first-order valence-corrected chi connectivity index (χ1v) is 4.65. The summed E-state index contributed by atoms with van der Waals surface area (Å²) in [5.74, 6) is -0.879. The Bertz CT molecular complexity index is 484. The number of rotatable bonds is 1. The van der Waals surface area contributed by atoms with Gasteiger partial charge in [0.2, 0.25) is 5.82 Å². The summed E-state index contributed by atoms with van der Waals surface area (Å²) in [6, 6.07) is 0. The number of hydrogen-bond donors (Lipinski definition) is 1. The number of nitrogens with zero attached hydrogens (tertiary/aromatic N) is 2. The molecule has 0 radical (unpaired) electrons. The highest BCUT2D eigenvalue weighted by Gasteiger charge is 2.16. The summed E-state index contributed by atoms with van der Waals surface area (Å²) in [4.78, 5) is 15.7. The summed E-state index contributed by atoms with van der Waals surface area (Å²) >= 11 is 1.52. The Kier molecular flexibility index (Phi) is 1.63. The van der Waals surface area contributed by atoms with E-state index in [-0.39, 0.29) is 5.82 Å². The van der Waals surface area contributed by atoms with Crippen LogP contribution in [0.3, 0.4) is 0 Å². The fraction of sp³-hybridized carbons (Fsp3) is 0.250. The molecule has 4 nitrogen and oxygen atoms in total. The molecule has 0 aliphatic heterocycles. The zero-order valence-corrected chi connectivity index (χ0v) is 8.05. The summed E-state index contributed by atoms with van der Waals surface area (Å²) in [6.07, 6.45) is 0. The molecule has 0 unspecified atom stereocenters. The number of carboxylic acids is 1. The third-order valence-corrected chi connectivity index (χ3v) is 3.04.